The number of benzene rings is 3. The van der Waals surface area contributed by atoms with Gasteiger partial charge in [-0.15, -0.1) is 0 Å². The predicted octanol–water partition coefficient (Wildman–Crippen LogP) is 4.23. The minimum Gasteiger partial charge on any atom is -0.324 e. The molecule has 0 radical (unpaired) electrons. The average molecular weight is 574 g/mol. The number of hydrogen-bond acceptors (Lipinski definition) is 6. The van der Waals surface area contributed by atoms with Crippen LogP contribution in [-0.2, 0) is 34.2 Å². The van der Waals surface area contributed by atoms with Crippen LogP contribution >= 0.6 is 11.6 Å². The summed E-state index contributed by atoms with van der Waals surface area (Å²) < 4.78 is 27.1. The minimum atomic E-state index is -4.03. The lowest BCUT2D eigenvalue weighted by Gasteiger charge is -2.29. The molecule has 1 N–H and O–H groups in total. The molecule has 2 amide bonds. The van der Waals surface area contributed by atoms with Crippen molar-refractivity contribution in [2.24, 2.45) is 0 Å². The highest BCUT2D eigenvalue weighted by Crippen LogP contribution is 2.27. The first-order chi connectivity index (χ1) is 19.2. The Hall–Kier alpha value is -4.34. The molecule has 4 aromatic rings. The van der Waals surface area contributed by atoms with E-state index in [1.807, 2.05) is 6.07 Å². The highest BCUT2D eigenvalue weighted by Gasteiger charge is 2.35. The molecule has 10 heteroatoms. The van der Waals surface area contributed by atoms with Crippen LogP contribution in [0.1, 0.15) is 37.4 Å². The van der Waals surface area contributed by atoms with Gasteiger partial charge in [0.05, 0.1) is 10.9 Å². The van der Waals surface area contributed by atoms with Gasteiger partial charge in [-0.1, -0.05) is 48.0 Å². The van der Waals surface area contributed by atoms with Crippen LogP contribution in [-0.4, -0.2) is 41.9 Å². The van der Waals surface area contributed by atoms with Crippen LogP contribution in [0.4, 0.5) is 0 Å². The fraction of sp³-hybridized carbons (Fsp3) is 0.133. The lowest BCUT2D eigenvalue weighted by molar-refractivity contribution is -0.122. The molecule has 1 aliphatic rings. The maximum Gasteiger partial charge on any atom is 0.264 e. The predicted molar refractivity (Wildman–Crippen MR) is 149 cm³/mol. The molecule has 202 valence electrons. The largest absolute Gasteiger partial charge is 0.324 e. The van der Waals surface area contributed by atoms with Gasteiger partial charge in [0.1, 0.15) is 0 Å². The maximum absolute atomic E-state index is 13.7. The molecule has 1 atom stereocenters. The van der Waals surface area contributed by atoms with Gasteiger partial charge in [-0.25, -0.2) is 13.1 Å². The number of carbonyl (C=O) groups is 3. The quantitative estimate of drug-likeness (QED) is 0.354. The summed E-state index contributed by atoms with van der Waals surface area (Å²) in [6.07, 6.45) is 3.67. The van der Waals surface area contributed by atoms with Gasteiger partial charge in [-0.2, -0.15) is 0 Å². The molecule has 0 aliphatic carbocycles. The van der Waals surface area contributed by atoms with E-state index >= 15 is 0 Å². The Bertz CT molecular complexity index is 1680. The van der Waals surface area contributed by atoms with Crippen LogP contribution in [0, 0.1) is 0 Å². The number of sulfonamides is 1. The van der Waals surface area contributed by atoms with Crippen molar-refractivity contribution < 1.29 is 22.8 Å². The minimum absolute atomic E-state index is 0.0226. The number of Topliss-reactive ketones (excluding diaryl/α,β-unsaturated/α-hetero) is 1. The van der Waals surface area contributed by atoms with Crippen LogP contribution in [0.5, 0.6) is 0 Å². The summed E-state index contributed by atoms with van der Waals surface area (Å²) in [5, 5.41) is 0.444. The van der Waals surface area contributed by atoms with E-state index in [-0.39, 0.29) is 41.5 Å². The number of halogens is 1. The molecule has 2 heterocycles. The summed E-state index contributed by atoms with van der Waals surface area (Å²) in [5.74, 6) is -1.21. The molecule has 1 aliphatic heterocycles. The molecule has 3 aromatic carbocycles. The highest BCUT2D eigenvalue weighted by molar-refractivity contribution is 7.90. The van der Waals surface area contributed by atoms with E-state index in [4.69, 9.17) is 11.6 Å². The second-order valence-corrected chi connectivity index (χ2v) is 11.5. The van der Waals surface area contributed by atoms with Crippen molar-refractivity contribution in [1.29, 1.82) is 0 Å². The Labute approximate surface area is 236 Å². The average Bonchev–Trinajstić information content (AvgIpc) is 3.04. The third-order valence-corrected chi connectivity index (χ3v) is 8.25. The number of ketones is 1. The topological polar surface area (TPSA) is 114 Å². The summed E-state index contributed by atoms with van der Waals surface area (Å²) in [5.41, 5.74) is 2.60. The molecule has 0 unspecified atom stereocenters. The third-order valence-electron chi connectivity index (χ3n) is 6.67. The van der Waals surface area contributed by atoms with Gasteiger partial charge in [0, 0.05) is 47.9 Å². The Kier molecular flexibility index (Phi) is 7.77. The number of hydrogen-bond donors (Lipinski definition) is 1. The van der Waals surface area contributed by atoms with Crippen LogP contribution in [0.2, 0.25) is 5.02 Å². The Morgan fingerprint density at radius 3 is 2.40 bits per heavy atom. The molecule has 8 nitrogen and oxygen atoms in total. The monoisotopic (exact) mass is 573 g/mol. The Morgan fingerprint density at radius 1 is 0.950 bits per heavy atom. The van der Waals surface area contributed by atoms with E-state index in [1.165, 1.54) is 29.2 Å². The molecule has 0 fully saturated rings. The number of carbonyl (C=O) groups excluding carboxylic acids is 3. The lowest BCUT2D eigenvalue weighted by Crippen LogP contribution is -2.44. The van der Waals surface area contributed by atoms with Crippen molar-refractivity contribution in [3.8, 4) is 0 Å². The first-order valence-corrected chi connectivity index (χ1v) is 14.3. The van der Waals surface area contributed by atoms with E-state index in [0.717, 1.165) is 5.56 Å². The molecule has 0 saturated heterocycles. The molecule has 5 rings (SSSR count). The SMILES string of the molecule is O=C(NS(=O)(=O)c1ccccc1)c1ccc(CN2C(=O)c3ccc(Cl)cc3CC(=O)[C@H]2Cc2cccnc2)cc1. The zero-order chi connectivity index (χ0) is 28.3. The molecular weight excluding hydrogens is 550 g/mol. The van der Waals surface area contributed by atoms with Crippen LogP contribution < -0.4 is 4.72 Å². The van der Waals surface area contributed by atoms with Crippen molar-refractivity contribution in [2.45, 2.75) is 30.3 Å². The van der Waals surface area contributed by atoms with Gasteiger partial charge >= 0.3 is 0 Å². The highest BCUT2D eigenvalue weighted by atomic mass is 35.5. The summed E-state index contributed by atoms with van der Waals surface area (Å²) in [6, 6.07) is 21.6. The van der Waals surface area contributed by atoms with Crippen molar-refractivity contribution >= 4 is 39.2 Å². The molecular formula is C30H24ClN3O5S. The van der Waals surface area contributed by atoms with Crippen molar-refractivity contribution in [3.05, 3.63) is 130 Å². The summed E-state index contributed by atoms with van der Waals surface area (Å²) in [6.45, 7) is 0.0990. The fourth-order valence-electron chi connectivity index (χ4n) is 4.64. The maximum atomic E-state index is 13.7. The normalized spacial score (nSPS) is 15.3. The van der Waals surface area contributed by atoms with Crippen molar-refractivity contribution in [3.63, 3.8) is 0 Å². The van der Waals surface area contributed by atoms with Crippen molar-refractivity contribution in [1.82, 2.24) is 14.6 Å². The molecule has 0 spiro atoms. The molecule has 0 saturated carbocycles. The van der Waals surface area contributed by atoms with Gasteiger partial charge < -0.3 is 4.90 Å². The van der Waals surface area contributed by atoms with Gasteiger partial charge in [0.15, 0.2) is 5.78 Å². The van der Waals surface area contributed by atoms with E-state index in [1.54, 1.807) is 67.0 Å². The fourth-order valence-corrected chi connectivity index (χ4v) is 5.83. The van der Waals surface area contributed by atoms with Crippen LogP contribution in [0.15, 0.2) is 102 Å². The first-order valence-electron chi connectivity index (χ1n) is 12.4. The molecule has 40 heavy (non-hydrogen) atoms. The standard InChI is InChI=1S/C30H24ClN3O5S/c31-24-12-13-26-23(16-24)17-28(35)27(15-21-5-4-14-32-18-21)34(30(26)37)19-20-8-10-22(11-9-20)29(36)33-40(38,39)25-6-2-1-3-7-25/h1-14,16,18,27H,15,17,19H2,(H,33,36)/t27-/m1/s1. The Morgan fingerprint density at radius 2 is 1.70 bits per heavy atom. The molecule has 0 bridgehead atoms. The van der Waals surface area contributed by atoms with E-state index in [0.29, 0.717) is 21.7 Å². The number of pyridine rings is 1. The van der Waals surface area contributed by atoms with E-state index < -0.39 is 22.0 Å². The van der Waals surface area contributed by atoms with Gasteiger partial charge in [0.25, 0.3) is 21.8 Å². The Balaban J connectivity index is 1.40. The number of rotatable bonds is 7. The first kappa shape index (κ1) is 27.2. The second kappa shape index (κ2) is 11.4. The smallest absolute Gasteiger partial charge is 0.264 e. The van der Waals surface area contributed by atoms with Gasteiger partial charge in [-0.05, 0) is 65.2 Å². The summed E-state index contributed by atoms with van der Waals surface area (Å²) in [7, 11) is -4.03. The number of aromatic nitrogens is 1. The molecule has 1 aromatic heterocycles. The summed E-state index contributed by atoms with van der Waals surface area (Å²) >= 11 is 6.16. The van der Waals surface area contributed by atoms with Crippen LogP contribution in [0.25, 0.3) is 0 Å². The van der Waals surface area contributed by atoms with Crippen LogP contribution in [0.3, 0.4) is 0 Å². The van der Waals surface area contributed by atoms with E-state index in [2.05, 4.69) is 9.71 Å². The third kappa shape index (κ3) is 5.95. The number of amides is 2. The zero-order valence-electron chi connectivity index (χ0n) is 21.2. The lowest BCUT2D eigenvalue weighted by atomic mass is 9.98. The zero-order valence-corrected chi connectivity index (χ0v) is 22.7. The summed E-state index contributed by atoms with van der Waals surface area (Å²) in [4.78, 5) is 45.5. The number of fused-ring (bicyclic) bond motifs is 1. The van der Waals surface area contributed by atoms with E-state index in [9.17, 15) is 22.8 Å². The van der Waals surface area contributed by atoms with Gasteiger partial charge in [-0.3, -0.25) is 19.4 Å². The number of nitrogens with one attached hydrogen (secondary N) is 1. The van der Waals surface area contributed by atoms with Gasteiger partial charge in [0.2, 0.25) is 0 Å². The van der Waals surface area contributed by atoms with Crippen molar-refractivity contribution in [2.75, 3.05) is 0 Å². The second-order valence-electron chi connectivity index (χ2n) is 9.40. The number of nitrogens with zero attached hydrogens (tertiary/aromatic N) is 2.